The number of carbonyl (C=O) groups excluding carboxylic acids is 3. The molecule has 5 nitrogen and oxygen atoms in total. The van der Waals surface area contributed by atoms with Gasteiger partial charge in [0.1, 0.15) is 5.75 Å². The summed E-state index contributed by atoms with van der Waals surface area (Å²) in [7, 11) is 0. The smallest absolute Gasteiger partial charge is 0.343 e. The van der Waals surface area contributed by atoms with Gasteiger partial charge >= 0.3 is 5.97 Å². The molecular formula is C25H21NO4. The van der Waals surface area contributed by atoms with Gasteiger partial charge in [-0.1, -0.05) is 55.3 Å². The first kappa shape index (κ1) is 18.6. The van der Waals surface area contributed by atoms with Gasteiger partial charge in [-0.25, -0.2) is 4.79 Å². The minimum atomic E-state index is -0.523. The van der Waals surface area contributed by atoms with Crippen molar-refractivity contribution in [3.05, 3.63) is 72.3 Å². The van der Waals surface area contributed by atoms with Crippen LogP contribution in [0, 0.1) is 11.8 Å². The van der Waals surface area contributed by atoms with Gasteiger partial charge < -0.3 is 4.74 Å². The van der Waals surface area contributed by atoms with E-state index in [2.05, 4.69) is 0 Å². The second-order valence-electron chi connectivity index (χ2n) is 7.93. The second kappa shape index (κ2) is 7.41. The molecule has 2 amide bonds. The van der Waals surface area contributed by atoms with Crippen LogP contribution in [0.2, 0.25) is 0 Å². The van der Waals surface area contributed by atoms with E-state index >= 15 is 0 Å². The van der Waals surface area contributed by atoms with Crippen LogP contribution in [0.25, 0.3) is 10.8 Å². The Hall–Kier alpha value is -3.47. The third-order valence-corrected chi connectivity index (χ3v) is 6.13. The van der Waals surface area contributed by atoms with Crippen LogP contribution < -0.4 is 9.64 Å². The summed E-state index contributed by atoms with van der Waals surface area (Å²) >= 11 is 0. The molecule has 2 unspecified atom stereocenters. The van der Waals surface area contributed by atoms with Crippen LogP contribution in [-0.4, -0.2) is 17.8 Å². The fourth-order valence-corrected chi connectivity index (χ4v) is 4.63. The molecule has 150 valence electrons. The lowest BCUT2D eigenvalue weighted by Gasteiger charge is -2.19. The highest BCUT2D eigenvalue weighted by molar-refractivity contribution is 6.22. The Kier molecular flexibility index (Phi) is 4.58. The van der Waals surface area contributed by atoms with Crippen molar-refractivity contribution in [3.63, 3.8) is 0 Å². The summed E-state index contributed by atoms with van der Waals surface area (Å²) in [5.74, 6) is -0.795. The number of imide groups is 1. The van der Waals surface area contributed by atoms with E-state index in [0.717, 1.165) is 36.5 Å². The van der Waals surface area contributed by atoms with Crippen LogP contribution in [0.3, 0.4) is 0 Å². The molecular weight excluding hydrogens is 378 g/mol. The van der Waals surface area contributed by atoms with Gasteiger partial charge in [0.25, 0.3) is 0 Å². The van der Waals surface area contributed by atoms with E-state index in [-0.39, 0.29) is 23.7 Å². The highest BCUT2D eigenvalue weighted by Gasteiger charge is 2.48. The normalized spacial score (nSPS) is 21.0. The van der Waals surface area contributed by atoms with E-state index in [1.165, 1.54) is 4.90 Å². The molecule has 2 atom stereocenters. The number of nitrogens with zero attached hydrogens (tertiary/aromatic N) is 1. The number of rotatable bonds is 3. The standard InChI is InChI=1S/C25H21NO4/c27-23-20-12-3-4-13-21(20)24(28)26(23)18-10-5-9-17(15-18)25(29)30-22-14-6-8-16-7-1-2-11-19(16)22/h1-2,5-11,14-15,20-21H,3-4,12-13H2. The molecule has 3 aromatic rings. The Labute approximate surface area is 174 Å². The summed E-state index contributed by atoms with van der Waals surface area (Å²) in [5.41, 5.74) is 0.739. The van der Waals surface area contributed by atoms with Crippen LogP contribution in [-0.2, 0) is 9.59 Å². The minimum absolute atomic E-state index is 0.149. The topological polar surface area (TPSA) is 63.7 Å². The lowest BCUT2D eigenvalue weighted by Crippen LogP contribution is -2.31. The van der Waals surface area contributed by atoms with Crippen LogP contribution in [0.4, 0.5) is 5.69 Å². The fourth-order valence-electron chi connectivity index (χ4n) is 4.63. The second-order valence-corrected chi connectivity index (χ2v) is 7.93. The average Bonchev–Trinajstić information content (AvgIpc) is 3.04. The molecule has 1 aliphatic carbocycles. The van der Waals surface area contributed by atoms with E-state index < -0.39 is 5.97 Å². The largest absolute Gasteiger partial charge is 0.422 e. The Morgan fingerprint density at radius 3 is 2.27 bits per heavy atom. The molecule has 0 radical (unpaired) electrons. The highest BCUT2D eigenvalue weighted by atomic mass is 16.5. The summed E-state index contributed by atoms with van der Waals surface area (Å²) in [5, 5.41) is 1.82. The first-order valence-electron chi connectivity index (χ1n) is 10.3. The first-order chi connectivity index (χ1) is 14.6. The van der Waals surface area contributed by atoms with Gasteiger partial charge in [0.2, 0.25) is 11.8 Å². The molecule has 0 N–H and O–H groups in total. The summed E-state index contributed by atoms with van der Waals surface area (Å²) in [6.45, 7) is 0. The zero-order valence-corrected chi connectivity index (χ0v) is 16.4. The molecule has 5 rings (SSSR count). The van der Waals surface area contributed by atoms with Crippen molar-refractivity contribution in [1.82, 2.24) is 0 Å². The maximum Gasteiger partial charge on any atom is 0.343 e. The zero-order chi connectivity index (χ0) is 20.7. The number of benzene rings is 3. The molecule has 0 aromatic heterocycles. The maximum absolute atomic E-state index is 12.9. The van der Waals surface area contributed by atoms with Crippen LogP contribution in [0.15, 0.2) is 66.7 Å². The van der Waals surface area contributed by atoms with Crippen LogP contribution in [0.1, 0.15) is 36.0 Å². The Morgan fingerprint density at radius 2 is 1.50 bits per heavy atom. The monoisotopic (exact) mass is 399 g/mol. The Morgan fingerprint density at radius 1 is 0.833 bits per heavy atom. The summed E-state index contributed by atoms with van der Waals surface area (Å²) in [4.78, 5) is 39.8. The fraction of sp³-hybridized carbons (Fsp3) is 0.240. The number of fused-ring (bicyclic) bond motifs is 2. The highest BCUT2D eigenvalue weighted by Crippen LogP contribution is 2.40. The van der Waals surface area contributed by atoms with Gasteiger partial charge in [-0.05, 0) is 42.5 Å². The number of esters is 1. The Balaban J connectivity index is 1.43. The SMILES string of the molecule is O=C(Oc1cccc2ccccc12)c1cccc(N2C(=O)C3CCCCC3C2=O)c1. The molecule has 1 aliphatic heterocycles. The molecule has 2 fully saturated rings. The number of amides is 2. The van der Waals surface area contributed by atoms with Gasteiger partial charge in [-0.15, -0.1) is 0 Å². The van der Waals surface area contributed by atoms with Crippen molar-refractivity contribution in [2.45, 2.75) is 25.7 Å². The van der Waals surface area contributed by atoms with Crippen molar-refractivity contribution in [3.8, 4) is 5.75 Å². The number of ether oxygens (including phenoxy) is 1. The average molecular weight is 399 g/mol. The van der Waals surface area contributed by atoms with Crippen molar-refractivity contribution in [2.24, 2.45) is 11.8 Å². The molecule has 0 spiro atoms. The lowest BCUT2D eigenvalue weighted by atomic mass is 9.81. The van der Waals surface area contributed by atoms with E-state index in [4.69, 9.17) is 4.74 Å². The third-order valence-electron chi connectivity index (χ3n) is 6.13. The summed E-state index contributed by atoms with van der Waals surface area (Å²) in [6, 6.07) is 19.8. The molecule has 1 saturated carbocycles. The number of hydrogen-bond acceptors (Lipinski definition) is 4. The van der Waals surface area contributed by atoms with E-state index in [0.29, 0.717) is 17.0 Å². The summed E-state index contributed by atoms with van der Waals surface area (Å²) in [6.07, 6.45) is 3.47. The van der Waals surface area contributed by atoms with Crippen molar-refractivity contribution >= 4 is 34.2 Å². The Bertz CT molecular complexity index is 1140. The maximum atomic E-state index is 12.9. The van der Waals surface area contributed by atoms with E-state index in [9.17, 15) is 14.4 Å². The van der Waals surface area contributed by atoms with Crippen LogP contribution in [0.5, 0.6) is 5.75 Å². The predicted molar refractivity (Wildman–Crippen MR) is 113 cm³/mol. The summed E-state index contributed by atoms with van der Waals surface area (Å²) < 4.78 is 5.65. The van der Waals surface area contributed by atoms with Crippen molar-refractivity contribution in [1.29, 1.82) is 0 Å². The number of hydrogen-bond donors (Lipinski definition) is 0. The molecule has 5 heteroatoms. The van der Waals surface area contributed by atoms with Gasteiger partial charge in [-0.3, -0.25) is 14.5 Å². The first-order valence-corrected chi connectivity index (χ1v) is 10.3. The van der Waals surface area contributed by atoms with E-state index in [1.807, 2.05) is 36.4 Å². The molecule has 1 heterocycles. The van der Waals surface area contributed by atoms with Gasteiger partial charge in [0.05, 0.1) is 23.1 Å². The van der Waals surface area contributed by atoms with E-state index in [1.54, 1.807) is 30.3 Å². The van der Waals surface area contributed by atoms with Crippen LogP contribution >= 0.6 is 0 Å². The predicted octanol–water partition coefficient (Wildman–Crippen LogP) is 4.74. The molecule has 30 heavy (non-hydrogen) atoms. The number of anilines is 1. The van der Waals surface area contributed by atoms with Gasteiger partial charge in [0, 0.05) is 5.39 Å². The number of carbonyl (C=O) groups is 3. The van der Waals surface area contributed by atoms with Crippen molar-refractivity contribution in [2.75, 3.05) is 4.90 Å². The molecule has 2 aliphatic rings. The molecule has 0 bridgehead atoms. The van der Waals surface area contributed by atoms with Crippen molar-refractivity contribution < 1.29 is 19.1 Å². The van der Waals surface area contributed by atoms with Gasteiger partial charge in [0.15, 0.2) is 0 Å². The molecule has 3 aromatic carbocycles. The minimum Gasteiger partial charge on any atom is -0.422 e. The third kappa shape index (κ3) is 3.07. The molecule has 1 saturated heterocycles. The zero-order valence-electron chi connectivity index (χ0n) is 16.4. The lowest BCUT2D eigenvalue weighted by molar-refractivity contribution is -0.122. The van der Waals surface area contributed by atoms with Gasteiger partial charge in [-0.2, -0.15) is 0 Å². The quantitative estimate of drug-likeness (QED) is 0.363.